The van der Waals surface area contributed by atoms with Crippen molar-refractivity contribution in [3.63, 3.8) is 0 Å². The first-order valence-corrected chi connectivity index (χ1v) is 8.47. The summed E-state index contributed by atoms with van der Waals surface area (Å²) >= 11 is 0. The average molecular weight is 273 g/mol. The Morgan fingerprint density at radius 2 is 1.85 bits per heavy atom. The van der Waals surface area contributed by atoms with Crippen molar-refractivity contribution in [1.82, 2.24) is 5.32 Å². The molecule has 0 aliphatic heterocycles. The first-order chi connectivity index (χ1) is 9.68. The summed E-state index contributed by atoms with van der Waals surface area (Å²) in [6.07, 6.45) is 5.26. The van der Waals surface area contributed by atoms with Crippen LogP contribution in [0, 0.1) is 47.3 Å². The molecule has 4 N–H and O–H groups in total. The zero-order valence-corrected chi connectivity index (χ0v) is 11.7. The third-order valence-electron chi connectivity index (χ3n) is 7.95. The van der Waals surface area contributed by atoms with E-state index in [0.717, 1.165) is 35.5 Å². The third-order valence-corrected chi connectivity index (χ3v) is 7.95. The summed E-state index contributed by atoms with van der Waals surface area (Å²) in [5.74, 6) is 6.96. The zero-order valence-electron chi connectivity index (χ0n) is 11.7. The summed E-state index contributed by atoms with van der Waals surface area (Å²) in [5.41, 5.74) is 5.45. The maximum atomic E-state index is 11.4. The van der Waals surface area contributed by atoms with Crippen molar-refractivity contribution in [2.24, 2.45) is 58.1 Å². The van der Waals surface area contributed by atoms with Crippen molar-refractivity contribution in [3.8, 4) is 0 Å². The second kappa shape index (κ2) is 3.03. The fourth-order valence-corrected chi connectivity index (χ4v) is 7.63. The van der Waals surface area contributed by atoms with E-state index in [4.69, 9.17) is 5.73 Å². The molecule has 9 atom stereocenters. The SMILES string of the molecule is NC(=NCC1(O)C2C3CC4C5C3CC2C5C41)NC1CC1. The zero-order chi connectivity index (χ0) is 13.2. The lowest BCUT2D eigenvalue weighted by Gasteiger charge is -2.51. The predicted octanol–water partition coefficient (Wildman–Crippen LogP) is 0.562. The Hall–Kier alpha value is -0.770. The molecule has 0 aromatic carbocycles. The molecule has 6 aliphatic rings. The maximum Gasteiger partial charge on any atom is 0.188 e. The smallest absolute Gasteiger partial charge is 0.188 e. The highest BCUT2D eigenvalue weighted by atomic mass is 16.3. The Balaban J connectivity index is 1.31. The van der Waals surface area contributed by atoms with E-state index in [-0.39, 0.29) is 0 Å². The molecular weight excluding hydrogens is 250 g/mol. The monoisotopic (exact) mass is 273 g/mol. The minimum atomic E-state index is -0.513. The van der Waals surface area contributed by atoms with Crippen LogP contribution in [0.25, 0.3) is 0 Å². The minimum Gasteiger partial charge on any atom is -0.387 e. The lowest BCUT2D eigenvalue weighted by atomic mass is 9.56. The van der Waals surface area contributed by atoms with Gasteiger partial charge in [0.25, 0.3) is 0 Å². The van der Waals surface area contributed by atoms with E-state index in [0.29, 0.717) is 30.4 Å². The molecule has 0 aromatic heterocycles. The van der Waals surface area contributed by atoms with E-state index in [1.165, 1.54) is 25.7 Å². The highest BCUT2D eigenvalue weighted by molar-refractivity contribution is 5.78. The van der Waals surface area contributed by atoms with Gasteiger partial charge in [-0.3, -0.25) is 4.99 Å². The Kier molecular flexibility index (Phi) is 1.65. The first-order valence-electron chi connectivity index (χ1n) is 8.47. The number of aliphatic hydroxyl groups is 1. The van der Waals surface area contributed by atoms with Crippen molar-refractivity contribution < 1.29 is 5.11 Å². The van der Waals surface area contributed by atoms with Crippen LogP contribution in [0.5, 0.6) is 0 Å². The van der Waals surface area contributed by atoms with E-state index < -0.39 is 5.60 Å². The largest absolute Gasteiger partial charge is 0.387 e. The number of rotatable bonds is 3. The lowest BCUT2D eigenvalue weighted by Crippen LogP contribution is -2.56. The molecule has 9 unspecified atom stereocenters. The maximum absolute atomic E-state index is 11.4. The van der Waals surface area contributed by atoms with E-state index in [1.54, 1.807) is 0 Å². The lowest BCUT2D eigenvalue weighted by molar-refractivity contribution is -0.123. The molecule has 6 aliphatic carbocycles. The predicted molar refractivity (Wildman–Crippen MR) is 74.8 cm³/mol. The molecule has 6 rings (SSSR count). The quantitative estimate of drug-likeness (QED) is 0.520. The molecule has 6 fully saturated rings. The van der Waals surface area contributed by atoms with Gasteiger partial charge in [0.2, 0.25) is 0 Å². The summed E-state index contributed by atoms with van der Waals surface area (Å²) in [7, 11) is 0. The Bertz CT molecular complexity index is 524. The van der Waals surface area contributed by atoms with Gasteiger partial charge in [-0.15, -0.1) is 0 Å². The number of aliphatic imine (C=N–C) groups is 1. The number of hydrogen-bond acceptors (Lipinski definition) is 2. The van der Waals surface area contributed by atoms with Crippen LogP contribution in [0.3, 0.4) is 0 Å². The second-order valence-corrected chi connectivity index (χ2v) is 8.44. The van der Waals surface area contributed by atoms with E-state index in [9.17, 15) is 5.11 Å². The first kappa shape index (κ1) is 10.9. The topological polar surface area (TPSA) is 70.6 Å². The molecule has 4 nitrogen and oxygen atoms in total. The molecule has 0 aromatic rings. The molecule has 0 saturated heterocycles. The number of hydrogen-bond donors (Lipinski definition) is 3. The van der Waals surface area contributed by atoms with Gasteiger partial charge in [0.05, 0.1) is 12.1 Å². The van der Waals surface area contributed by atoms with E-state index in [2.05, 4.69) is 10.3 Å². The molecule has 0 amide bonds. The molecule has 20 heavy (non-hydrogen) atoms. The van der Waals surface area contributed by atoms with Gasteiger partial charge in [0.15, 0.2) is 5.96 Å². The molecule has 0 heterocycles. The van der Waals surface area contributed by atoms with Crippen LogP contribution in [-0.2, 0) is 0 Å². The van der Waals surface area contributed by atoms with Crippen molar-refractivity contribution in [1.29, 1.82) is 0 Å². The van der Waals surface area contributed by atoms with Gasteiger partial charge in [0, 0.05) is 6.04 Å². The Morgan fingerprint density at radius 1 is 1.10 bits per heavy atom. The number of nitrogens with one attached hydrogen (secondary N) is 1. The molecule has 108 valence electrons. The fourth-order valence-electron chi connectivity index (χ4n) is 7.63. The second-order valence-electron chi connectivity index (χ2n) is 8.44. The van der Waals surface area contributed by atoms with Gasteiger partial charge < -0.3 is 16.2 Å². The standard InChI is InChI=1S/C16H23N3O/c17-15(19-6-1-2-6)18-5-16(20)13-8-4-9-11-7(8)3-10(13)12(11)14(9)16/h6-14,20H,1-5H2,(H3,17,18,19). The van der Waals surface area contributed by atoms with Crippen LogP contribution in [0.4, 0.5) is 0 Å². The summed E-state index contributed by atoms with van der Waals surface area (Å²) in [5, 5.41) is 14.6. The molecule has 0 spiro atoms. The molecule has 0 radical (unpaired) electrons. The van der Waals surface area contributed by atoms with Gasteiger partial charge >= 0.3 is 0 Å². The molecular formula is C16H23N3O. The van der Waals surface area contributed by atoms with Gasteiger partial charge in [-0.05, 0) is 73.0 Å². The van der Waals surface area contributed by atoms with Crippen LogP contribution < -0.4 is 11.1 Å². The highest BCUT2D eigenvalue weighted by Crippen LogP contribution is 2.85. The summed E-state index contributed by atoms with van der Waals surface area (Å²) in [6.45, 7) is 0.549. The average Bonchev–Trinajstić information content (AvgIpc) is 2.97. The van der Waals surface area contributed by atoms with Crippen LogP contribution >= 0.6 is 0 Å². The van der Waals surface area contributed by atoms with Crippen molar-refractivity contribution in [2.45, 2.75) is 37.3 Å². The Morgan fingerprint density at radius 3 is 2.65 bits per heavy atom. The van der Waals surface area contributed by atoms with E-state index in [1.807, 2.05) is 0 Å². The third kappa shape index (κ3) is 0.975. The number of guanidine groups is 1. The number of nitrogens with zero attached hydrogens (tertiary/aromatic N) is 1. The normalized spacial score (nSPS) is 64.2. The molecule has 2 bridgehead atoms. The fraction of sp³-hybridized carbons (Fsp3) is 0.938. The van der Waals surface area contributed by atoms with Gasteiger partial charge in [-0.2, -0.15) is 0 Å². The highest BCUT2D eigenvalue weighted by Gasteiger charge is 2.84. The minimum absolute atomic E-state index is 0.513. The van der Waals surface area contributed by atoms with E-state index >= 15 is 0 Å². The summed E-state index contributed by atoms with van der Waals surface area (Å²) in [6, 6.07) is 0.547. The van der Waals surface area contributed by atoms with Crippen molar-refractivity contribution >= 4 is 5.96 Å². The van der Waals surface area contributed by atoms with Gasteiger partial charge in [-0.25, -0.2) is 0 Å². The van der Waals surface area contributed by atoms with Crippen LogP contribution in [0.1, 0.15) is 25.7 Å². The van der Waals surface area contributed by atoms with Crippen molar-refractivity contribution in [2.75, 3.05) is 6.54 Å². The number of nitrogens with two attached hydrogens (primary N) is 1. The van der Waals surface area contributed by atoms with Crippen LogP contribution in [0.2, 0.25) is 0 Å². The Labute approximate surface area is 119 Å². The number of fused-ring (bicyclic) bond motifs is 2. The molecule has 6 saturated carbocycles. The van der Waals surface area contributed by atoms with Gasteiger partial charge in [-0.1, -0.05) is 0 Å². The van der Waals surface area contributed by atoms with Crippen LogP contribution in [0.15, 0.2) is 4.99 Å². The van der Waals surface area contributed by atoms with Gasteiger partial charge in [0.1, 0.15) is 0 Å². The molecule has 4 heteroatoms. The summed E-state index contributed by atoms with van der Waals surface area (Å²) < 4.78 is 0. The summed E-state index contributed by atoms with van der Waals surface area (Å²) in [4.78, 5) is 4.53. The van der Waals surface area contributed by atoms with Crippen molar-refractivity contribution in [3.05, 3.63) is 0 Å². The van der Waals surface area contributed by atoms with Crippen LogP contribution in [-0.4, -0.2) is 29.3 Å².